The molecule has 2 aliphatic rings. The van der Waals surface area contributed by atoms with Gasteiger partial charge < -0.3 is 15.3 Å². The number of benzene rings is 1. The van der Waals surface area contributed by atoms with Crippen LogP contribution in [0.4, 0.5) is 10.1 Å². The lowest BCUT2D eigenvalue weighted by Crippen LogP contribution is -2.38. The first-order valence-corrected chi connectivity index (χ1v) is 8.13. The Morgan fingerprint density at radius 3 is 2.57 bits per heavy atom. The Balaban J connectivity index is 1.66. The van der Waals surface area contributed by atoms with Gasteiger partial charge in [0.25, 0.3) is 0 Å². The summed E-state index contributed by atoms with van der Waals surface area (Å²) in [5, 5.41) is 13.6. The maximum Gasteiger partial charge on any atom is 0.129 e. The molecule has 3 rings (SSSR count). The Bertz CT molecular complexity index is 480. The zero-order valence-electron chi connectivity index (χ0n) is 12.6. The fourth-order valence-corrected chi connectivity index (χ4v) is 3.61. The minimum Gasteiger partial charge on any atom is -0.389 e. The maximum absolute atomic E-state index is 14.2. The van der Waals surface area contributed by atoms with Crippen LogP contribution in [0.15, 0.2) is 18.2 Å². The number of hydrogen-bond donors (Lipinski definition) is 2. The number of rotatable bonds is 5. The molecule has 2 N–H and O–H groups in total. The second-order valence-electron chi connectivity index (χ2n) is 6.47. The van der Waals surface area contributed by atoms with E-state index >= 15 is 0 Å². The molecule has 0 unspecified atom stereocenters. The number of nitrogens with zero attached hydrogens (tertiary/aromatic N) is 1. The molecule has 1 saturated carbocycles. The second kappa shape index (κ2) is 6.32. The molecule has 4 heteroatoms. The first-order valence-electron chi connectivity index (χ1n) is 8.13. The van der Waals surface area contributed by atoms with Crippen molar-refractivity contribution in [2.75, 3.05) is 24.5 Å². The summed E-state index contributed by atoms with van der Waals surface area (Å²) in [6, 6.07) is 5.33. The third kappa shape index (κ3) is 3.38. The van der Waals surface area contributed by atoms with Gasteiger partial charge in [-0.3, -0.25) is 0 Å². The van der Waals surface area contributed by atoms with Crippen LogP contribution in [-0.2, 0) is 6.54 Å². The fourth-order valence-electron chi connectivity index (χ4n) is 3.61. The molecule has 1 aliphatic carbocycles. The van der Waals surface area contributed by atoms with E-state index in [0.29, 0.717) is 13.1 Å². The molecule has 1 heterocycles. The Morgan fingerprint density at radius 2 is 1.86 bits per heavy atom. The molecule has 1 aliphatic heterocycles. The Kier molecular flexibility index (Phi) is 4.45. The third-order valence-corrected chi connectivity index (χ3v) is 4.83. The molecule has 116 valence electrons. The van der Waals surface area contributed by atoms with Crippen molar-refractivity contribution in [3.63, 3.8) is 0 Å². The standard InChI is InChI=1S/C17H25FN2O/c18-15-6-5-7-16(20-10-3-4-11-20)14(15)12-19-13-17(21)8-1-2-9-17/h5-7,19,21H,1-4,8-13H2. The van der Waals surface area contributed by atoms with E-state index in [1.807, 2.05) is 6.07 Å². The van der Waals surface area contributed by atoms with Crippen LogP contribution in [0.3, 0.4) is 0 Å². The summed E-state index contributed by atoms with van der Waals surface area (Å²) in [4.78, 5) is 2.27. The van der Waals surface area contributed by atoms with Crippen molar-refractivity contribution in [1.82, 2.24) is 5.32 Å². The van der Waals surface area contributed by atoms with Crippen LogP contribution in [0, 0.1) is 5.82 Å². The molecule has 0 bridgehead atoms. The van der Waals surface area contributed by atoms with Gasteiger partial charge in [0.1, 0.15) is 5.82 Å². The largest absolute Gasteiger partial charge is 0.389 e. The summed E-state index contributed by atoms with van der Waals surface area (Å²) in [5.41, 5.74) is 1.17. The van der Waals surface area contributed by atoms with E-state index in [4.69, 9.17) is 0 Å². The van der Waals surface area contributed by atoms with Gasteiger partial charge in [0, 0.05) is 37.4 Å². The quantitative estimate of drug-likeness (QED) is 0.876. The number of aliphatic hydroxyl groups is 1. The van der Waals surface area contributed by atoms with Gasteiger partial charge in [0.2, 0.25) is 0 Å². The van der Waals surface area contributed by atoms with Crippen molar-refractivity contribution in [1.29, 1.82) is 0 Å². The number of hydrogen-bond acceptors (Lipinski definition) is 3. The van der Waals surface area contributed by atoms with E-state index in [1.165, 1.54) is 18.9 Å². The summed E-state index contributed by atoms with van der Waals surface area (Å²) >= 11 is 0. The van der Waals surface area contributed by atoms with E-state index < -0.39 is 5.60 Å². The van der Waals surface area contributed by atoms with Crippen LogP contribution >= 0.6 is 0 Å². The van der Waals surface area contributed by atoms with Gasteiger partial charge in [-0.25, -0.2) is 4.39 Å². The van der Waals surface area contributed by atoms with Crippen LogP contribution in [0.2, 0.25) is 0 Å². The number of halogens is 1. The van der Waals surface area contributed by atoms with Gasteiger partial charge in [-0.05, 0) is 37.8 Å². The van der Waals surface area contributed by atoms with Crippen molar-refractivity contribution in [3.8, 4) is 0 Å². The van der Waals surface area contributed by atoms with E-state index in [9.17, 15) is 9.50 Å². The number of nitrogens with one attached hydrogen (secondary N) is 1. The predicted octanol–water partition coefficient (Wildman–Crippen LogP) is 2.82. The van der Waals surface area contributed by atoms with Crippen molar-refractivity contribution in [2.45, 2.75) is 50.7 Å². The van der Waals surface area contributed by atoms with Crippen LogP contribution in [0.1, 0.15) is 44.1 Å². The molecule has 0 spiro atoms. The summed E-state index contributed by atoms with van der Waals surface area (Å²) in [6.07, 6.45) is 6.27. The van der Waals surface area contributed by atoms with Gasteiger partial charge in [0.15, 0.2) is 0 Å². The highest BCUT2D eigenvalue weighted by Crippen LogP contribution is 2.30. The molecule has 0 aromatic heterocycles. The van der Waals surface area contributed by atoms with Crippen LogP contribution in [0.25, 0.3) is 0 Å². The van der Waals surface area contributed by atoms with Crippen LogP contribution in [-0.4, -0.2) is 30.3 Å². The van der Waals surface area contributed by atoms with Crippen molar-refractivity contribution >= 4 is 5.69 Å². The minimum atomic E-state index is -0.584. The maximum atomic E-state index is 14.2. The van der Waals surface area contributed by atoms with Crippen molar-refractivity contribution in [2.24, 2.45) is 0 Å². The summed E-state index contributed by atoms with van der Waals surface area (Å²) in [5.74, 6) is -0.148. The Morgan fingerprint density at radius 1 is 1.14 bits per heavy atom. The molecule has 1 aromatic rings. The minimum absolute atomic E-state index is 0.148. The number of anilines is 1. The molecular weight excluding hydrogens is 267 g/mol. The molecule has 3 nitrogen and oxygen atoms in total. The van der Waals surface area contributed by atoms with Gasteiger partial charge in [-0.15, -0.1) is 0 Å². The zero-order valence-corrected chi connectivity index (χ0v) is 12.6. The highest BCUT2D eigenvalue weighted by Gasteiger charge is 2.30. The van der Waals surface area contributed by atoms with E-state index in [0.717, 1.165) is 50.0 Å². The monoisotopic (exact) mass is 292 g/mol. The average Bonchev–Trinajstić information content (AvgIpc) is 3.12. The predicted molar refractivity (Wildman–Crippen MR) is 83.0 cm³/mol. The topological polar surface area (TPSA) is 35.5 Å². The van der Waals surface area contributed by atoms with Crippen LogP contribution in [0.5, 0.6) is 0 Å². The zero-order chi connectivity index (χ0) is 14.7. The first kappa shape index (κ1) is 14.8. The normalized spacial score (nSPS) is 21.1. The van der Waals surface area contributed by atoms with Crippen LogP contribution < -0.4 is 10.2 Å². The smallest absolute Gasteiger partial charge is 0.129 e. The van der Waals surface area contributed by atoms with E-state index in [-0.39, 0.29) is 5.82 Å². The molecular formula is C17H25FN2O. The summed E-state index contributed by atoms with van der Waals surface area (Å²) in [6.45, 7) is 3.07. The fraction of sp³-hybridized carbons (Fsp3) is 0.647. The molecule has 1 aromatic carbocycles. The molecule has 1 saturated heterocycles. The van der Waals surface area contributed by atoms with Crippen molar-refractivity contribution < 1.29 is 9.50 Å². The van der Waals surface area contributed by atoms with Gasteiger partial charge >= 0.3 is 0 Å². The Hall–Kier alpha value is -1.13. The molecule has 0 amide bonds. The SMILES string of the molecule is OC1(CNCc2c(F)cccc2N2CCCC2)CCCC1. The van der Waals surface area contributed by atoms with Gasteiger partial charge in [0.05, 0.1) is 5.60 Å². The van der Waals surface area contributed by atoms with Crippen molar-refractivity contribution in [3.05, 3.63) is 29.6 Å². The highest BCUT2D eigenvalue weighted by atomic mass is 19.1. The summed E-state index contributed by atoms with van der Waals surface area (Å²) in [7, 11) is 0. The summed E-state index contributed by atoms with van der Waals surface area (Å²) < 4.78 is 14.2. The third-order valence-electron chi connectivity index (χ3n) is 4.83. The average molecular weight is 292 g/mol. The van der Waals surface area contributed by atoms with E-state index in [1.54, 1.807) is 6.07 Å². The molecule has 0 radical (unpaired) electrons. The van der Waals surface area contributed by atoms with Gasteiger partial charge in [-0.1, -0.05) is 18.9 Å². The lowest BCUT2D eigenvalue weighted by atomic mass is 10.0. The lowest BCUT2D eigenvalue weighted by molar-refractivity contribution is 0.0474. The van der Waals surface area contributed by atoms with Gasteiger partial charge in [-0.2, -0.15) is 0 Å². The van der Waals surface area contributed by atoms with E-state index in [2.05, 4.69) is 10.2 Å². The highest BCUT2D eigenvalue weighted by molar-refractivity contribution is 5.54. The molecule has 2 fully saturated rings. The second-order valence-corrected chi connectivity index (χ2v) is 6.47. The molecule has 21 heavy (non-hydrogen) atoms. The first-order chi connectivity index (χ1) is 10.2. The Labute approximate surface area is 126 Å². The lowest BCUT2D eigenvalue weighted by Gasteiger charge is -2.25. The molecule has 0 atom stereocenters.